The minimum absolute atomic E-state index is 0.0805. The van der Waals surface area contributed by atoms with Crippen LogP contribution in [0.15, 0.2) is 54.9 Å². The number of aromatic nitrogens is 2. The molecule has 0 saturated carbocycles. The van der Waals surface area contributed by atoms with Crippen LogP contribution in [-0.2, 0) is 0 Å². The minimum Gasteiger partial charge on any atom is -0.508 e. The van der Waals surface area contributed by atoms with E-state index in [0.717, 1.165) is 5.56 Å². The maximum absolute atomic E-state index is 11.1. The number of phenolic OH excluding ortho intramolecular Hbond substituents is 1. The molecule has 1 aromatic heterocycles. The summed E-state index contributed by atoms with van der Waals surface area (Å²) in [5, 5.41) is 21.6. The van der Waals surface area contributed by atoms with Crippen molar-refractivity contribution >= 4 is 17.5 Å². The predicted octanol–water partition coefficient (Wildman–Crippen LogP) is 3.30. The SMILES string of the molecule is COc1cc(Nc2cncc(-c3ccc(O)cc3)n2)ccc1C(=O)O. The van der Waals surface area contributed by atoms with Crippen LogP contribution in [-0.4, -0.2) is 33.3 Å². The van der Waals surface area contributed by atoms with Gasteiger partial charge in [0.1, 0.15) is 22.9 Å². The number of carbonyl (C=O) groups is 1. The van der Waals surface area contributed by atoms with Gasteiger partial charge < -0.3 is 20.3 Å². The molecular formula is C18H15N3O4. The average molecular weight is 337 g/mol. The van der Waals surface area contributed by atoms with Crippen molar-refractivity contribution in [3.05, 3.63) is 60.4 Å². The second-order valence-corrected chi connectivity index (χ2v) is 5.18. The summed E-state index contributed by atoms with van der Waals surface area (Å²) in [7, 11) is 1.41. The van der Waals surface area contributed by atoms with Crippen LogP contribution in [0.5, 0.6) is 11.5 Å². The van der Waals surface area contributed by atoms with E-state index in [2.05, 4.69) is 15.3 Å². The van der Waals surface area contributed by atoms with Crippen molar-refractivity contribution in [2.24, 2.45) is 0 Å². The van der Waals surface area contributed by atoms with Gasteiger partial charge in [-0.3, -0.25) is 4.98 Å². The highest BCUT2D eigenvalue weighted by Gasteiger charge is 2.11. The molecule has 3 aromatic rings. The average Bonchev–Trinajstić information content (AvgIpc) is 2.62. The Kier molecular flexibility index (Phi) is 4.47. The number of anilines is 2. The number of phenols is 1. The molecule has 0 atom stereocenters. The van der Waals surface area contributed by atoms with Crippen LogP contribution in [0.1, 0.15) is 10.4 Å². The van der Waals surface area contributed by atoms with Crippen LogP contribution in [0.2, 0.25) is 0 Å². The standard InChI is InChI=1S/C18H15N3O4/c1-25-16-8-12(4-7-14(16)18(23)24)20-17-10-19-9-15(21-17)11-2-5-13(22)6-3-11/h2-10,22H,1H3,(H,20,21)(H,23,24). The highest BCUT2D eigenvalue weighted by molar-refractivity contribution is 5.91. The summed E-state index contributed by atoms with van der Waals surface area (Å²) < 4.78 is 5.11. The Morgan fingerprint density at radius 1 is 1.12 bits per heavy atom. The maximum atomic E-state index is 11.1. The zero-order chi connectivity index (χ0) is 17.8. The number of methoxy groups -OCH3 is 1. The van der Waals surface area contributed by atoms with Crippen LogP contribution in [0, 0.1) is 0 Å². The summed E-state index contributed by atoms with van der Waals surface area (Å²) in [5.74, 6) is -0.134. The molecule has 7 nitrogen and oxygen atoms in total. The number of aromatic hydroxyl groups is 1. The second-order valence-electron chi connectivity index (χ2n) is 5.18. The molecule has 0 aliphatic rings. The normalized spacial score (nSPS) is 10.3. The van der Waals surface area contributed by atoms with Crippen molar-refractivity contribution < 1.29 is 19.7 Å². The van der Waals surface area contributed by atoms with E-state index in [4.69, 9.17) is 9.84 Å². The summed E-state index contributed by atoms with van der Waals surface area (Å²) in [6.45, 7) is 0. The van der Waals surface area contributed by atoms with Gasteiger partial charge in [0.05, 0.1) is 25.2 Å². The first kappa shape index (κ1) is 16.3. The lowest BCUT2D eigenvalue weighted by Crippen LogP contribution is -2.02. The van der Waals surface area contributed by atoms with Crippen molar-refractivity contribution in [3.8, 4) is 22.8 Å². The molecule has 0 bridgehead atoms. The summed E-state index contributed by atoms with van der Waals surface area (Å²) in [5.41, 5.74) is 2.16. The monoisotopic (exact) mass is 337 g/mol. The molecule has 3 N–H and O–H groups in total. The Bertz CT molecular complexity index is 910. The van der Waals surface area contributed by atoms with E-state index >= 15 is 0 Å². The Labute approximate surface area is 143 Å². The van der Waals surface area contributed by atoms with Gasteiger partial charge in [-0.05, 0) is 36.4 Å². The molecular weight excluding hydrogens is 322 g/mol. The number of rotatable bonds is 5. The fourth-order valence-corrected chi connectivity index (χ4v) is 2.29. The third-order valence-electron chi connectivity index (χ3n) is 3.50. The summed E-state index contributed by atoms with van der Waals surface area (Å²) in [6, 6.07) is 11.3. The topological polar surface area (TPSA) is 105 Å². The van der Waals surface area contributed by atoms with Gasteiger partial charge in [0.15, 0.2) is 0 Å². The number of nitrogens with one attached hydrogen (secondary N) is 1. The molecule has 126 valence electrons. The molecule has 1 heterocycles. The van der Waals surface area contributed by atoms with Gasteiger partial charge in [0.2, 0.25) is 0 Å². The molecule has 25 heavy (non-hydrogen) atoms. The Balaban J connectivity index is 1.87. The van der Waals surface area contributed by atoms with Crippen LogP contribution in [0.25, 0.3) is 11.3 Å². The number of carboxylic acid groups (broad SMARTS) is 1. The molecule has 0 spiro atoms. The molecule has 0 amide bonds. The number of hydrogen-bond acceptors (Lipinski definition) is 6. The van der Waals surface area contributed by atoms with Crippen LogP contribution in [0.3, 0.4) is 0 Å². The van der Waals surface area contributed by atoms with Gasteiger partial charge in [-0.25, -0.2) is 9.78 Å². The summed E-state index contributed by atoms with van der Waals surface area (Å²) >= 11 is 0. The van der Waals surface area contributed by atoms with Gasteiger partial charge in [-0.15, -0.1) is 0 Å². The molecule has 0 aliphatic carbocycles. The number of ether oxygens (including phenoxy) is 1. The van der Waals surface area contributed by atoms with Gasteiger partial charge in [0.25, 0.3) is 0 Å². The van der Waals surface area contributed by atoms with E-state index in [1.807, 2.05) is 0 Å². The molecule has 0 radical (unpaired) electrons. The lowest BCUT2D eigenvalue weighted by molar-refractivity contribution is 0.0693. The smallest absolute Gasteiger partial charge is 0.339 e. The van der Waals surface area contributed by atoms with Crippen molar-refractivity contribution in [1.29, 1.82) is 0 Å². The van der Waals surface area contributed by atoms with Gasteiger partial charge in [-0.1, -0.05) is 0 Å². The third kappa shape index (κ3) is 3.66. The lowest BCUT2D eigenvalue weighted by Gasteiger charge is -2.10. The molecule has 0 fully saturated rings. The molecule has 0 unspecified atom stereocenters. The van der Waals surface area contributed by atoms with Crippen molar-refractivity contribution in [2.75, 3.05) is 12.4 Å². The quantitative estimate of drug-likeness (QED) is 0.656. The van der Waals surface area contributed by atoms with E-state index in [0.29, 0.717) is 17.2 Å². The molecule has 7 heteroatoms. The second kappa shape index (κ2) is 6.88. The fraction of sp³-hybridized carbons (Fsp3) is 0.0556. The van der Waals surface area contributed by atoms with Crippen molar-refractivity contribution in [3.63, 3.8) is 0 Å². The maximum Gasteiger partial charge on any atom is 0.339 e. The third-order valence-corrected chi connectivity index (χ3v) is 3.50. The highest BCUT2D eigenvalue weighted by atomic mass is 16.5. The Hall–Kier alpha value is -3.61. The zero-order valence-corrected chi connectivity index (χ0v) is 13.3. The number of aromatic carboxylic acids is 1. The Morgan fingerprint density at radius 3 is 2.56 bits per heavy atom. The van der Waals surface area contributed by atoms with Crippen LogP contribution < -0.4 is 10.1 Å². The number of hydrogen-bond donors (Lipinski definition) is 3. The van der Waals surface area contributed by atoms with Crippen LogP contribution >= 0.6 is 0 Å². The summed E-state index contributed by atoms with van der Waals surface area (Å²) in [6.07, 6.45) is 3.17. The number of carboxylic acids is 1. The largest absolute Gasteiger partial charge is 0.508 e. The van der Waals surface area contributed by atoms with Crippen molar-refractivity contribution in [2.45, 2.75) is 0 Å². The predicted molar refractivity (Wildman–Crippen MR) is 92.4 cm³/mol. The van der Waals surface area contributed by atoms with Crippen LogP contribution in [0.4, 0.5) is 11.5 Å². The first-order chi connectivity index (χ1) is 12.1. The van der Waals surface area contributed by atoms with Crippen molar-refractivity contribution in [1.82, 2.24) is 9.97 Å². The molecule has 2 aromatic carbocycles. The number of benzene rings is 2. The fourth-order valence-electron chi connectivity index (χ4n) is 2.29. The lowest BCUT2D eigenvalue weighted by atomic mass is 10.1. The zero-order valence-electron chi connectivity index (χ0n) is 13.3. The van der Waals surface area contributed by atoms with E-state index in [1.165, 1.54) is 13.2 Å². The molecule has 3 rings (SSSR count). The minimum atomic E-state index is -1.06. The first-order valence-electron chi connectivity index (χ1n) is 7.36. The molecule has 0 saturated heterocycles. The van der Waals surface area contributed by atoms with E-state index in [-0.39, 0.29) is 17.1 Å². The Morgan fingerprint density at radius 2 is 1.88 bits per heavy atom. The van der Waals surface area contributed by atoms with E-state index < -0.39 is 5.97 Å². The first-order valence-corrected chi connectivity index (χ1v) is 7.36. The van der Waals surface area contributed by atoms with Gasteiger partial charge >= 0.3 is 5.97 Å². The van der Waals surface area contributed by atoms with E-state index in [9.17, 15) is 9.90 Å². The molecule has 0 aliphatic heterocycles. The van der Waals surface area contributed by atoms with Gasteiger partial charge in [-0.2, -0.15) is 0 Å². The van der Waals surface area contributed by atoms with E-state index in [1.54, 1.807) is 48.8 Å². The highest BCUT2D eigenvalue weighted by Crippen LogP contribution is 2.26. The van der Waals surface area contributed by atoms with Gasteiger partial charge in [0, 0.05) is 17.3 Å². The number of nitrogens with zero attached hydrogens (tertiary/aromatic N) is 2. The summed E-state index contributed by atoms with van der Waals surface area (Å²) in [4.78, 5) is 19.8.